The van der Waals surface area contributed by atoms with Crippen molar-refractivity contribution >= 4 is 17.9 Å². The molecule has 0 fully saturated rings. The predicted octanol–water partition coefficient (Wildman–Crippen LogP) is 17.7. The summed E-state index contributed by atoms with van der Waals surface area (Å²) in [5, 5.41) is 0. The number of unbranched alkanes of at least 4 members (excludes halogenated alkanes) is 32. The number of esters is 3. The standard InChI is InChI=1S/C56H102O6/c1-4-7-10-13-16-19-22-24-26-27-28-30-31-34-37-40-43-46-49-55(58)61-52-53(51-60-54(57)48-45-42-39-36-33-21-18-15-12-9-6-3)62-56(59)50-47-44-41-38-35-32-29-25-23-20-17-14-11-8-5-2/h17,20,25,29,35,38,53H,4-16,18-19,21-24,26-28,30-34,36-37,39-52H2,1-3H3/b20-17-,29-25-,38-35-/t53-/m1/s1. The molecule has 0 amide bonds. The van der Waals surface area contributed by atoms with Crippen LogP contribution in [0, 0.1) is 0 Å². The fourth-order valence-electron chi connectivity index (χ4n) is 7.80. The highest BCUT2D eigenvalue weighted by molar-refractivity contribution is 5.71. The molecule has 0 aliphatic heterocycles. The SMILES string of the molecule is CCCCC/C=C\C/C=C\C/C=C\CCCCC(=O)O[C@H](COC(=O)CCCCCCCCCCCCC)COC(=O)CCCCCCCCCCCCCCCCCCCC. The van der Waals surface area contributed by atoms with E-state index in [0.717, 1.165) is 64.2 Å². The van der Waals surface area contributed by atoms with E-state index in [1.807, 2.05) is 0 Å². The minimum Gasteiger partial charge on any atom is -0.462 e. The van der Waals surface area contributed by atoms with Crippen molar-refractivity contribution in [1.82, 2.24) is 0 Å². The van der Waals surface area contributed by atoms with E-state index in [1.165, 1.54) is 173 Å². The Morgan fingerprint density at radius 1 is 0.323 bits per heavy atom. The fraction of sp³-hybridized carbons (Fsp3) is 0.839. The molecule has 0 aliphatic rings. The van der Waals surface area contributed by atoms with Crippen molar-refractivity contribution in [2.75, 3.05) is 13.2 Å². The molecule has 0 unspecified atom stereocenters. The summed E-state index contributed by atoms with van der Waals surface area (Å²) in [4.78, 5) is 38.0. The lowest BCUT2D eigenvalue weighted by Gasteiger charge is -2.18. The number of carbonyl (C=O) groups is 3. The van der Waals surface area contributed by atoms with Crippen molar-refractivity contribution < 1.29 is 28.6 Å². The summed E-state index contributed by atoms with van der Waals surface area (Å²) in [5.41, 5.74) is 0. The summed E-state index contributed by atoms with van der Waals surface area (Å²) in [6, 6.07) is 0. The van der Waals surface area contributed by atoms with Gasteiger partial charge in [0.2, 0.25) is 0 Å². The van der Waals surface area contributed by atoms with Crippen LogP contribution in [0.2, 0.25) is 0 Å². The Bertz CT molecular complexity index is 1050. The normalized spacial score (nSPS) is 12.2. The van der Waals surface area contributed by atoms with Crippen LogP contribution in [0.3, 0.4) is 0 Å². The Balaban J connectivity index is 4.35. The topological polar surface area (TPSA) is 78.9 Å². The highest BCUT2D eigenvalue weighted by Gasteiger charge is 2.19. The molecule has 0 heterocycles. The van der Waals surface area contributed by atoms with Crippen LogP contribution in [0.1, 0.15) is 284 Å². The number of allylic oxidation sites excluding steroid dienone is 6. The highest BCUT2D eigenvalue weighted by atomic mass is 16.6. The van der Waals surface area contributed by atoms with Gasteiger partial charge in [0, 0.05) is 19.3 Å². The van der Waals surface area contributed by atoms with E-state index in [9.17, 15) is 14.4 Å². The molecule has 6 nitrogen and oxygen atoms in total. The van der Waals surface area contributed by atoms with Crippen LogP contribution in [-0.4, -0.2) is 37.2 Å². The van der Waals surface area contributed by atoms with Gasteiger partial charge in [0.15, 0.2) is 6.10 Å². The van der Waals surface area contributed by atoms with E-state index in [1.54, 1.807) is 0 Å². The fourth-order valence-corrected chi connectivity index (χ4v) is 7.80. The molecule has 0 N–H and O–H groups in total. The highest BCUT2D eigenvalue weighted by Crippen LogP contribution is 2.16. The molecular formula is C56H102O6. The van der Waals surface area contributed by atoms with Crippen LogP contribution in [0.5, 0.6) is 0 Å². The summed E-state index contributed by atoms with van der Waals surface area (Å²) in [6.45, 7) is 6.60. The number of rotatable bonds is 49. The Morgan fingerprint density at radius 2 is 0.581 bits per heavy atom. The first-order valence-electron chi connectivity index (χ1n) is 27.0. The van der Waals surface area contributed by atoms with E-state index < -0.39 is 6.10 Å². The molecule has 0 saturated heterocycles. The average molecular weight is 871 g/mol. The number of hydrogen-bond donors (Lipinski definition) is 0. The molecule has 62 heavy (non-hydrogen) atoms. The molecule has 0 bridgehead atoms. The maximum atomic E-state index is 12.8. The second-order valence-electron chi connectivity index (χ2n) is 18.2. The van der Waals surface area contributed by atoms with Crippen LogP contribution in [0.4, 0.5) is 0 Å². The summed E-state index contributed by atoms with van der Waals surface area (Å²) >= 11 is 0. The molecule has 0 radical (unpaired) electrons. The van der Waals surface area contributed by atoms with Crippen molar-refractivity contribution in [1.29, 1.82) is 0 Å². The summed E-state index contributed by atoms with van der Waals surface area (Å²) in [6.07, 6.45) is 59.9. The van der Waals surface area contributed by atoms with Crippen molar-refractivity contribution in [2.45, 2.75) is 290 Å². The van der Waals surface area contributed by atoms with Crippen LogP contribution >= 0.6 is 0 Å². The van der Waals surface area contributed by atoms with Crippen LogP contribution in [-0.2, 0) is 28.6 Å². The predicted molar refractivity (Wildman–Crippen MR) is 266 cm³/mol. The maximum absolute atomic E-state index is 12.8. The first-order valence-corrected chi connectivity index (χ1v) is 27.0. The van der Waals surface area contributed by atoms with E-state index in [2.05, 4.69) is 57.2 Å². The van der Waals surface area contributed by atoms with Crippen LogP contribution in [0.15, 0.2) is 36.5 Å². The van der Waals surface area contributed by atoms with Gasteiger partial charge in [-0.25, -0.2) is 0 Å². The summed E-state index contributed by atoms with van der Waals surface area (Å²) < 4.78 is 16.8. The first-order chi connectivity index (χ1) is 30.5. The Hall–Kier alpha value is -2.37. The summed E-state index contributed by atoms with van der Waals surface area (Å²) in [7, 11) is 0. The van der Waals surface area contributed by atoms with Gasteiger partial charge in [-0.15, -0.1) is 0 Å². The molecule has 0 aliphatic carbocycles. The zero-order valence-corrected chi connectivity index (χ0v) is 41.4. The molecule has 0 aromatic carbocycles. The number of ether oxygens (including phenoxy) is 3. The zero-order valence-electron chi connectivity index (χ0n) is 41.4. The summed E-state index contributed by atoms with van der Waals surface area (Å²) in [5.74, 6) is -0.909. The van der Waals surface area contributed by atoms with Gasteiger partial charge in [0.1, 0.15) is 13.2 Å². The number of carbonyl (C=O) groups excluding carboxylic acids is 3. The molecule has 1 atom stereocenters. The Morgan fingerprint density at radius 3 is 0.935 bits per heavy atom. The van der Waals surface area contributed by atoms with Gasteiger partial charge in [-0.05, 0) is 57.8 Å². The van der Waals surface area contributed by atoms with E-state index in [0.29, 0.717) is 19.3 Å². The minimum absolute atomic E-state index is 0.0831. The molecule has 0 spiro atoms. The van der Waals surface area contributed by atoms with E-state index in [-0.39, 0.29) is 37.5 Å². The second kappa shape index (κ2) is 51.3. The van der Waals surface area contributed by atoms with Gasteiger partial charge in [-0.3, -0.25) is 14.4 Å². The third kappa shape index (κ3) is 48.7. The second-order valence-corrected chi connectivity index (χ2v) is 18.2. The molecule has 0 rings (SSSR count). The van der Waals surface area contributed by atoms with Gasteiger partial charge >= 0.3 is 17.9 Å². The Labute approximate surface area is 385 Å². The molecule has 0 aromatic heterocycles. The van der Waals surface area contributed by atoms with E-state index >= 15 is 0 Å². The van der Waals surface area contributed by atoms with Gasteiger partial charge in [0.05, 0.1) is 0 Å². The van der Waals surface area contributed by atoms with Gasteiger partial charge in [-0.2, -0.15) is 0 Å². The quantitative estimate of drug-likeness (QED) is 0.0262. The molecule has 0 saturated carbocycles. The smallest absolute Gasteiger partial charge is 0.306 e. The first kappa shape index (κ1) is 59.6. The monoisotopic (exact) mass is 871 g/mol. The third-order valence-corrected chi connectivity index (χ3v) is 11.9. The Kier molecular flexibility index (Phi) is 49.3. The lowest BCUT2D eigenvalue weighted by Crippen LogP contribution is -2.30. The molecule has 362 valence electrons. The number of hydrogen-bond acceptors (Lipinski definition) is 6. The maximum Gasteiger partial charge on any atom is 0.306 e. The van der Waals surface area contributed by atoms with Crippen molar-refractivity contribution in [3.8, 4) is 0 Å². The molecule has 6 heteroatoms. The molecular weight excluding hydrogens is 769 g/mol. The van der Waals surface area contributed by atoms with Crippen LogP contribution < -0.4 is 0 Å². The van der Waals surface area contributed by atoms with Crippen molar-refractivity contribution in [3.05, 3.63) is 36.5 Å². The van der Waals surface area contributed by atoms with Gasteiger partial charge in [0.25, 0.3) is 0 Å². The van der Waals surface area contributed by atoms with Crippen molar-refractivity contribution in [2.24, 2.45) is 0 Å². The lowest BCUT2D eigenvalue weighted by atomic mass is 10.0. The third-order valence-electron chi connectivity index (χ3n) is 11.9. The zero-order chi connectivity index (χ0) is 45.1. The largest absolute Gasteiger partial charge is 0.462 e. The minimum atomic E-state index is -0.786. The van der Waals surface area contributed by atoms with Crippen molar-refractivity contribution in [3.63, 3.8) is 0 Å². The molecule has 0 aromatic rings. The lowest BCUT2D eigenvalue weighted by molar-refractivity contribution is -0.167. The van der Waals surface area contributed by atoms with Gasteiger partial charge < -0.3 is 14.2 Å². The van der Waals surface area contributed by atoms with E-state index in [4.69, 9.17) is 14.2 Å². The van der Waals surface area contributed by atoms with Crippen LogP contribution in [0.25, 0.3) is 0 Å². The average Bonchev–Trinajstić information content (AvgIpc) is 3.27. The van der Waals surface area contributed by atoms with Gasteiger partial charge in [-0.1, -0.05) is 243 Å².